The average Bonchev–Trinajstić information content (AvgIpc) is 3.02. The summed E-state index contributed by atoms with van der Waals surface area (Å²) >= 11 is 0. The summed E-state index contributed by atoms with van der Waals surface area (Å²) in [5, 5.41) is 15.2. The van der Waals surface area contributed by atoms with E-state index < -0.39 is 17.2 Å². The Morgan fingerprint density at radius 3 is 2.62 bits per heavy atom. The smallest absolute Gasteiger partial charge is 0.137 e. The molecule has 3 N–H and O–H groups in total. The van der Waals surface area contributed by atoms with Gasteiger partial charge in [-0.25, -0.2) is 18.4 Å². The fraction of sp³-hybridized carbons (Fsp3) is 0.500. The molecule has 130 valence electrons. The summed E-state index contributed by atoms with van der Waals surface area (Å²) < 4.78 is 29.0. The third-order valence-electron chi connectivity index (χ3n) is 4.44. The van der Waals surface area contributed by atoms with E-state index in [9.17, 15) is 13.9 Å². The first-order valence-electron chi connectivity index (χ1n) is 7.94. The zero-order valence-corrected chi connectivity index (χ0v) is 13.3. The van der Waals surface area contributed by atoms with Gasteiger partial charge >= 0.3 is 0 Å². The average molecular weight is 337 g/mol. The van der Waals surface area contributed by atoms with Gasteiger partial charge in [0, 0.05) is 24.2 Å². The Morgan fingerprint density at radius 1 is 1.25 bits per heavy atom. The standard InChI is InChI=1S/C16H21F2N5O/c17-12-1-2-14(15(18)7-12)16(24,9-23-11-20-10-21-23)8-22-5-3-13(19)4-6-22/h1-2,7,10-11,13,24H,3-6,8-9,19H2. The number of nitrogens with zero attached hydrogens (tertiary/aromatic N) is 4. The van der Waals surface area contributed by atoms with Gasteiger partial charge in [0.1, 0.15) is 29.9 Å². The molecule has 1 saturated heterocycles. The molecule has 1 aliphatic heterocycles. The fourth-order valence-corrected chi connectivity index (χ4v) is 3.15. The van der Waals surface area contributed by atoms with Crippen LogP contribution in [0.15, 0.2) is 30.9 Å². The molecular formula is C16H21F2N5O. The Hall–Kier alpha value is -1.90. The molecule has 2 heterocycles. The molecule has 1 aromatic heterocycles. The lowest BCUT2D eigenvalue weighted by molar-refractivity contribution is -0.0264. The zero-order chi connectivity index (χ0) is 17.2. The summed E-state index contributed by atoms with van der Waals surface area (Å²) in [7, 11) is 0. The normalized spacial score (nSPS) is 19.3. The Kier molecular flexibility index (Phi) is 4.88. The van der Waals surface area contributed by atoms with E-state index in [0.29, 0.717) is 0 Å². The highest BCUT2D eigenvalue weighted by Gasteiger charge is 2.36. The number of halogens is 2. The molecule has 24 heavy (non-hydrogen) atoms. The van der Waals surface area contributed by atoms with Gasteiger partial charge in [0.15, 0.2) is 0 Å². The van der Waals surface area contributed by atoms with Gasteiger partial charge in [-0.1, -0.05) is 6.07 Å². The molecular weight excluding hydrogens is 316 g/mol. The van der Waals surface area contributed by atoms with Crippen molar-refractivity contribution in [2.45, 2.75) is 31.0 Å². The van der Waals surface area contributed by atoms with E-state index in [1.54, 1.807) is 0 Å². The molecule has 0 amide bonds. The van der Waals surface area contributed by atoms with Gasteiger partial charge in [-0.15, -0.1) is 0 Å². The van der Waals surface area contributed by atoms with Crippen LogP contribution in [0.25, 0.3) is 0 Å². The number of hydrogen-bond acceptors (Lipinski definition) is 5. The molecule has 1 aromatic carbocycles. The molecule has 1 unspecified atom stereocenters. The molecule has 1 aliphatic rings. The van der Waals surface area contributed by atoms with Crippen molar-refractivity contribution in [3.63, 3.8) is 0 Å². The van der Waals surface area contributed by atoms with Crippen molar-refractivity contribution in [3.05, 3.63) is 48.1 Å². The lowest BCUT2D eigenvalue weighted by atomic mass is 9.91. The van der Waals surface area contributed by atoms with Crippen molar-refractivity contribution in [2.24, 2.45) is 5.73 Å². The van der Waals surface area contributed by atoms with E-state index in [4.69, 9.17) is 5.73 Å². The zero-order valence-electron chi connectivity index (χ0n) is 13.3. The van der Waals surface area contributed by atoms with Crippen LogP contribution in [0.1, 0.15) is 18.4 Å². The summed E-state index contributed by atoms with van der Waals surface area (Å²) in [6, 6.07) is 3.38. The molecule has 2 aromatic rings. The molecule has 3 rings (SSSR count). The minimum Gasteiger partial charge on any atom is -0.382 e. The van der Waals surface area contributed by atoms with Gasteiger partial charge in [0.25, 0.3) is 0 Å². The second-order valence-electron chi connectivity index (χ2n) is 6.36. The summed E-state index contributed by atoms with van der Waals surface area (Å²) in [6.07, 6.45) is 4.45. The monoisotopic (exact) mass is 337 g/mol. The second kappa shape index (κ2) is 6.92. The van der Waals surface area contributed by atoms with Crippen LogP contribution in [-0.4, -0.2) is 50.4 Å². The van der Waals surface area contributed by atoms with Gasteiger partial charge < -0.3 is 10.8 Å². The number of aliphatic hydroxyl groups is 1. The van der Waals surface area contributed by atoms with Crippen LogP contribution in [0, 0.1) is 11.6 Å². The number of β-amino-alcohol motifs (C(OH)–C–C–N with tert-alkyl or cyclic N) is 1. The first-order valence-corrected chi connectivity index (χ1v) is 7.94. The van der Waals surface area contributed by atoms with Gasteiger partial charge in [-0.05, 0) is 32.0 Å². The van der Waals surface area contributed by atoms with Crippen LogP contribution >= 0.6 is 0 Å². The number of hydrogen-bond donors (Lipinski definition) is 2. The van der Waals surface area contributed by atoms with Crippen LogP contribution in [0.3, 0.4) is 0 Å². The highest BCUT2D eigenvalue weighted by molar-refractivity contribution is 5.25. The predicted octanol–water partition coefficient (Wildman–Crippen LogP) is 0.867. The van der Waals surface area contributed by atoms with Crippen LogP contribution in [0.4, 0.5) is 8.78 Å². The van der Waals surface area contributed by atoms with Gasteiger partial charge in [0.2, 0.25) is 0 Å². The van der Waals surface area contributed by atoms with Crippen molar-refractivity contribution in [2.75, 3.05) is 19.6 Å². The van der Waals surface area contributed by atoms with E-state index in [1.165, 1.54) is 23.4 Å². The number of rotatable bonds is 5. The van der Waals surface area contributed by atoms with E-state index in [0.717, 1.165) is 38.1 Å². The van der Waals surface area contributed by atoms with Gasteiger partial charge in [-0.2, -0.15) is 5.10 Å². The Morgan fingerprint density at radius 2 is 2.00 bits per heavy atom. The second-order valence-corrected chi connectivity index (χ2v) is 6.36. The molecule has 0 aliphatic carbocycles. The minimum absolute atomic E-state index is 0.0259. The molecule has 8 heteroatoms. The highest BCUT2D eigenvalue weighted by Crippen LogP contribution is 2.28. The molecule has 0 bridgehead atoms. The lowest BCUT2D eigenvalue weighted by Gasteiger charge is -2.37. The van der Waals surface area contributed by atoms with Crippen molar-refractivity contribution >= 4 is 0 Å². The number of nitrogens with two attached hydrogens (primary N) is 1. The maximum Gasteiger partial charge on any atom is 0.137 e. The SMILES string of the molecule is NC1CCN(CC(O)(Cn2cncn2)c2ccc(F)cc2F)CC1. The predicted molar refractivity (Wildman–Crippen MR) is 83.9 cm³/mol. The van der Waals surface area contributed by atoms with Crippen LogP contribution in [0.5, 0.6) is 0 Å². The number of aromatic nitrogens is 3. The summed E-state index contributed by atoms with van der Waals surface area (Å²) in [5.74, 6) is -1.45. The molecule has 1 fully saturated rings. The van der Waals surface area contributed by atoms with Crippen LogP contribution in [0.2, 0.25) is 0 Å². The summed E-state index contributed by atoms with van der Waals surface area (Å²) in [4.78, 5) is 5.89. The number of benzene rings is 1. The maximum absolute atomic E-state index is 14.3. The number of likely N-dealkylation sites (tertiary alicyclic amines) is 1. The third kappa shape index (κ3) is 3.77. The minimum atomic E-state index is -1.55. The summed E-state index contributed by atoms with van der Waals surface area (Å²) in [6.45, 7) is 1.69. The van der Waals surface area contributed by atoms with Crippen molar-refractivity contribution in [3.8, 4) is 0 Å². The van der Waals surface area contributed by atoms with Crippen LogP contribution < -0.4 is 5.73 Å². The highest BCUT2D eigenvalue weighted by atomic mass is 19.1. The molecule has 0 saturated carbocycles. The maximum atomic E-state index is 14.3. The van der Waals surface area contributed by atoms with Crippen molar-refractivity contribution < 1.29 is 13.9 Å². The molecule has 1 atom stereocenters. The van der Waals surface area contributed by atoms with Gasteiger partial charge in [0.05, 0.1) is 6.54 Å². The largest absolute Gasteiger partial charge is 0.382 e. The van der Waals surface area contributed by atoms with E-state index in [-0.39, 0.29) is 24.7 Å². The van der Waals surface area contributed by atoms with E-state index in [2.05, 4.69) is 10.1 Å². The summed E-state index contributed by atoms with van der Waals surface area (Å²) in [5.41, 5.74) is 4.41. The van der Waals surface area contributed by atoms with Crippen LogP contribution in [-0.2, 0) is 12.1 Å². The molecule has 0 radical (unpaired) electrons. The Bertz CT molecular complexity index is 673. The van der Waals surface area contributed by atoms with Crippen molar-refractivity contribution in [1.29, 1.82) is 0 Å². The first-order chi connectivity index (χ1) is 11.5. The van der Waals surface area contributed by atoms with Gasteiger partial charge in [-0.3, -0.25) is 4.90 Å². The fourth-order valence-electron chi connectivity index (χ4n) is 3.15. The molecule has 6 nitrogen and oxygen atoms in total. The molecule has 0 spiro atoms. The Balaban J connectivity index is 1.88. The Labute approximate surface area is 138 Å². The first kappa shape index (κ1) is 16.9. The van der Waals surface area contributed by atoms with E-state index in [1.807, 2.05) is 4.90 Å². The lowest BCUT2D eigenvalue weighted by Crippen LogP contribution is -2.49. The van der Waals surface area contributed by atoms with Crippen molar-refractivity contribution in [1.82, 2.24) is 19.7 Å². The number of piperidine rings is 1. The van der Waals surface area contributed by atoms with E-state index >= 15 is 0 Å². The quantitative estimate of drug-likeness (QED) is 0.846. The third-order valence-corrected chi connectivity index (χ3v) is 4.44. The topological polar surface area (TPSA) is 80.2 Å².